The first kappa shape index (κ1) is 12.6. The third kappa shape index (κ3) is 2.71. The van der Waals surface area contributed by atoms with E-state index in [4.69, 9.17) is 9.84 Å². The normalized spacial score (nSPS) is 10.1. The smallest absolute Gasteiger partial charge is 0.411 e. The molecule has 1 aromatic carbocycles. The highest BCUT2D eigenvalue weighted by Crippen LogP contribution is 2.23. The van der Waals surface area contributed by atoms with E-state index in [0.717, 1.165) is 0 Å². The van der Waals surface area contributed by atoms with Gasteiger partial charge in [-0.3, -0.25) is 10.4 Å². The lowest BCUT2D eigenvalue weighted by molar-refractivity contribution is 0.0698. The zero-order valence-corrected chi connectivity index (χ0v) is 9.84. The van der Waals surface area contributed by atoms with E-state index in [-0.39, 0.29) is 17.9 Å². The van der Waals surface area contributed by atoms with Crippen molar-refractivity contribution in [3.8, 4) is 0 Å². The minimum atomic E-state index is -1.16. The number of aromatic nitrogens is 2. The molecule has 0 aliphatic carbocycles. The highest BCUT2D eigenvalue weighted by molar-refractivity contribution is 6.03. The highest BCUT2D eigenvalue weighted by Gasteiger charge is 2.15. The second-order valence-electron chi connectivity index (χ2n) is 3.67. The van der Waals surface area contributed by atoms with Gasteiger partial charge in [0.2, 0.25) is 0 Å². The fraction of sp³-hybridized carbons (Fsp3) is 0.0833. The highest BCUT2D eigenvalue weighted by atomic mass is 16.5. The molecule has 98 valence electrons. The molecule has 0 bridgehead atoms. The van der Waals surface area contributed by atoms with Gasteiger partial charge in [0, 0.05) is 5.39 Å². The van der Waals surface area contributed by atoms with E-state index in [9.17, 15) is 9.59 Å². The van der Waals surface area contributed by atoms with Gasteiger partial charge in [0.15, 0.2) is 0 Å². The molecule has 0 aliphatic heterocycles. The van der Waals surface area contributed by atoms with Gasteiger partial charge in [-0.05, 0) is 12.1 Å². The van der Waals surface area contributed by atoms with Crippen LogP contribution in [0.2, 0.25) is 0 Å². The zero-order valence-electron chi connectivity index (χ0n) is 9.84. The Hall–Kier alpha value is -2.83. The van der Waals surface area contributed by atoms with Crippen molar-refractivity contribution in [2.24, 2.45) is 0 Å². The topological polar surface area (TPSA) is 104 Å². The van der Waals surface area contributed by atoms with Gasteiger partial charge in [0.25, 0.3) is 0 Å². The molecular weight excluding hydrogens is 250 g/mol. The van der Waals surface area contributed by atoms with Gasteiger partial charge in [-0.15, -0.1) is 0 Å². The van der Waals surface area contributed by atoms with E-state index in [1.807, 2.05) is 0 Å². The minimum Gasteiger partial charge on any atom is -0.478 e. The van der Waals surface area contributed by atoms with Crippen molar-refractivity contribution in [2.45, 2.75) is 0 Å². The fourth-order valence-corrected chi connectivity index (χ4v) is 1.55. The molecule has 0 saturated heterocycles. The van der Waals surface area contributed by atoms with Crippen molar-refractivity contribution in [3.63, 3.8) is 0 Å². The predicted octanol–water partition coefficient (Wildman–Crippen LogP) is 2.00. The van der Waals surface area contributed by atoms with E-state index in [0.29, 0.717) is 10.9 Å². The molecule has 1 amide bonds. The summed E-state index contributed by atoms with van der Waals surface area (Å²) in [6, 6.07) is 2.91. The van der Waals surface area contributed by atoms with Crippen molar-refractivity contribution in [1.29, 1.82) is 0 Å². The number of nitrogens with one attached hydrogen (secondary N) is 2. The summed E-state index contributed by atoms with van der Waals surface area (Å²) in [5.41, 5.74) is 0.671. The second-order valence-corrected chi connectivity index (χ2v) is 3.67. The SMILES string of the molecule is C=CCOC(=O)Nc1cc2cn[nH]c2cc1C(=O)O. The summed E-state index contributed by atoms with van der Waals surface area (Å²) in [6.45, 7) is 3.45. The van der Waals surface area contributed by atoms with Crippen LogP contribution in [0.25, 0.3) is 10.9 Å². The van der Waals surface area contributed by atoms with Crippen molar-refractivity contribution in [2.75, 3.05) is 11.9 Å². The molecule has 19 heavy (non-hydrogen) atoms. The Balaban J connectivity index is 2.33. The molecule has 1 heterocycles. The van der Waals surface area contributed by atoms with Crippen LogP contribution in [0.1, 0.15) is 10.4 Å². The van der Waals surface area contributed by atoms with Crippen molar-refractivity contribution in [3.05, 3.63) is 36.5 Å². The number of carboxylic acids is 1. The number of anilines is 1. The molecule has 0 saturated carbocycles. The number of carbonyl (C=O) groups is 2. The summed E-state index contributed by atoms with van der Waals surface area (Å²) in [6.07, 6.45) is 2.20. The van der Waals surface area contributed by atoms with Crippen LogP contribution in [-0.4, -0.2) is 34.0 Å². The van der Waals surface area contributed by atoms with Crippen LogP contribution < -0.4 is 5.32 Å². The van der Waals surface area contributed by atoms with Gasteiger partial charge in [0.05, 0.1) is 23.0 Å². The number of nitrogens with zero attached hydrogens (tertiary/aromatic N) is 1. The molecule has 2 aromatic rings. The largest absolute Gasteiger partial charge is 0.478 e. The van der Waals surface area contributed by atoms with E-state index in [2.05, 4.69) is 22.1 Å². The Kier molecular flexibility index (Phi) is 3.46. The van der Waals surface area contributed by atoms with Crippen LogP contribution in [0.3, 0.4) is 0 Å². The number of aromatic carboxylic acids is 1. The maximum Gasteiger partial charge on any atom is 0.411 e. The number of benzene rings is 1. The van der Waals surface area contributed by atoms with Crippen molar-refractivity contribution < 1.29 is 19.4 Å². The number of carbonyl (C=O) groups excluding carboxylic acids is 1. The van der Waals surface area contributed by atoms with Gasteiger partial charge in [0.1, 0.15) is 6.61 Å². The van der Waals surface area contributed by atoms with Gasteiger partial charge in [-0.25, -0.2) is 9.59 Å². The third-order valence-corrected chi connectivity index (χ3v) is 2.38. The van der Waals surface area contributed by atoms with Crippen LogP contribution in [0.5, 0.6) is 0 Å². The van der Waals surface area contributed by atoms with Gasteiger partial charge in [-0.2, -0.15) is 5.10 Å². The second kappa shape index (κ2) is 5.21. The van der Waals surface area contributed by atoms with Crippen LogP contribution in [0.15, 0.2) is 31.0 Å². The Morgan fingerprint density at radius 1 is 1.53 bits per heavy atom. The fourth-order valence-electron chi connectivity index (χ4n) is 1.55. The molecule has 7 nitrogen and oxygen atoms in total. The molecule has 0 spiro atoms. The average Bonchev–Trinajstić information content (AvgIpc) is 2.82. The van der Waals surface area contributed by atoms with E-state index in [1.165, 1.54) is 24.4 Å². The molecule has 0 unspecified atom stereocenters. The summed E-state index contributed by atoms with van der Waals surface area (Å²) in [4.78, 5) is 22.6. The quantitative estimate of drug-likeness (QED) is 0.730. The number of rotatable bonds is 4. The first-order valence-corrected chi connectivity index (χ1v) is 5.37. The molecule has 7 heteroatoms. The molecule has 1 aromatic heterocycles. The molecular formula is C12H11N3O4. The Bertz CT molecular complexity index is 647. The number of ether oxygens (including phenoxy) is 1. The first-order chi connectivity index (χ1) is 9.11. The molecule has 0 aliphatic rings. The summed E-state index contributed by atoms with van der Waals surface area (Å²) < 4.78 is 4.74. The number of aromatic amines is 1. The Labute approximate surface area is 107 Å². The summed E-state index contributed by atoms with van der Waals surface area (Å²) in [7, 11) is 0. The van der Waals surface area contributed by atoms with Gasteiger partial charge < -0.3 is 9.84 Å². The summed E-state index contributed by atoms with van der Waals surface area (Å²) in [5.74, 6) is -1.16. The lowest BCUT2D eigenvalue weighted by atomic mass is 10.1. The average molecular weight is 261 g/mol. The number of fused-ring (bicyclic) bond motifs is 1. The maximum atomic E-state index is 11.4. The molecule has 0 atom stereocenters. The van der Waals surface area contributed by atoms with Crippen molar-refractivity contribution in [1.82, 2.24) is 10.2 Å². The lowest BCUT2D eigenvalue weighted by Crippen LogP contribution is -2.16. The number of hydrogen-bond donors (Lipinski definition) is 3. The summed E-state index contributed by atoms with van der Waals surface area (Å²) >= 11 is 0. The standard InChI is InChI=1S/C12H11N3O4/c1-2-3-19-12(18)14-10-4-7-6-13-15-9(7)5-8(10)11(16)17/h2,4-6H,1,3H2,(H,13,15)(H,14,18)(H,16,17). The summed E-state index contributed by atoms with van der Waals surface area (Å²) in [5, 5.41) is 18.6. The lowest BCUT2D eigenvalue weighted by Gasteiger charge is -2.08. The maximum absolute atomic E-state index is 11.4. The predicted molar refractivity (Wildman–Crippen MR) is 68.2 cm³/mol. The Morgan fingerprint density at radius 2 is 2.32 bits per heavy atom. The number of amides is 1. The van der Waals surface area contributed by atoms with E-state index < -0.39 is 12.1 Å². The minimum absolute atomic E-state index is 0.0438. The van der Waals surface area contributed by atoms with Crippen LogP contribution in [-0.2, 0) is 4.74 Å². The van der Waals surface area contributed by atoms with E-state index >= 15 is 0 Å². The molecule has 0 radical (unpaired) electrons. The van der Waals surface area contributed by atoms with Gasteiger partial charge >= 0.3 is 12.1 Å². The third-order valence-electron chi connectivity index (χ3n) is 2.38. The monoisotopic (exact) mass is 261 g/mol. The molecule has 3 N–H and O–H groups in total. The number of H-pyrrole nitrogens is 1. The van der Waals surface area contributed by atoms with Crippen molar-refractivity contribution >= 4 is 28.7 Å². The molecule has 0 fully saturated rings. The molecule has 2 rings (SSSR count). The number of carboxylic acid groups (broad SMARTS) is 1. The van der Waals surface area contributed by atoms with Crippen LogP contribution >= 0.6 is 0 Å². The Morgan fingerprint density at radius 3 is 3.00 bits per heavy atom. The van der Waals surface area contributed by atoms with Gasteiger partial charge in [-0.1, -0.05) is 12.7 Å². The van der Waals surface area contributed by atoms with E-state index in [1.54, 1.807) is 0 Å². The first-order valence-electron chi connectivity index (χ1n) is 5.37. The van der Waals surface area contributed by atoms with Crippen LogP contribution in [0, 0.1) is 0 Å². The van der Waals surface area contributed by atoms with Crippen LogP contribution in [0.4, 0.5) is 10.5 Å². The zero-order chi connectivity index (χ0) is 13.8. The number of hydrogen-bond acceptors (Lipinski definition) is 4.